The Hall–Kier alpha value is -1.49. The Bertz CT molecular complexity index is 477. The average Bonchev–Trinajstić information content (AvgIpc) is 2.40. The van der Waals surface area contributed by atoms with E-state index in [4.69, 9.17) is 10.5 Å². The Morgan fingerprint density at radius 1 is 1.35 bits per heavy atom. The van der Waals surface area contributed by atoms with Gasteiger partial charge < -0.3 is 10.5 Å². The molecule has 3 nitrogen and oxygen atoms in total. The highest BCUT2D eigenvalue weighted by Gasteiger charge is 2.42. The van der Waals surface area contributed by atoms with E-state index in [1.807, 2.05) is 13.8 Å². The Morgan fingerprint density at radius 3 is 2.45 bits per heavy atom. The number of carbonyl (C=O) groups is 1. The number of ether oxygens (including phenoxy) is 1. The topological polar surface area (TPSA) is 52.3 Å². The number of nitrogens with two attached hydrogens (primary N) is 1. The largest absolute Gasteiger partial charge is 0.466 e. The fourth-order valence-electron chi connectivity index (χ4n) is 2.19. The van der Waals surface area contributed by atoms with Gasteiger partial charge in [0.2, 0.25) is 0 Å². The van der Waals surface area contributed by atoms with Crippen LogP contribution in [0.3, 0.4) is 0 Å². The van der Waals surface area contributed by atoms with Gasteiger partial charge in [-0.1, -0.05) is 19.9 Å². The zero-order valence-corrected chi connectivity index (χ0v) is 12.1. The van der Waals surface area contributed by atoms with E-state index >= 15 is 0 Å². The lowest BCUT2D eigenvalue weighted by Gasteiger charge is -2.34. The maximum Gasteiger partial charge on any atom is 0.313 e. The number of esters is 1. The molecule has 112 valence electrons. The SMILES string of the molecule is CCOC(=O)C(CN)(Cc1ccc(F)c(F)c1)C(C)C. The highest BCUT2D eigenvalue weighted by molar-refractivity contribution is 5.78. The summed E-state index contributed by atoms with van der Waals surface area (Å²) in [5.74, 6) is -2.32. The van der Waals surface area contributed by atoms with Crippen molar-refractivity contribution in [2.75, 3.05) is 13.2 Å². The number of halogens is 2. The molecule has 0 heterocycles. The molecule has 20 heavy (non-hydrogen) atoms. The number of rotatable bonds is 6. The fraction of sp³-hybridized carbons (Fsp3) is 0.533. The summed E-state index contributed by atoms with van der Waals surface area (Å²) >= 11 is 0. The van der Waals surface area contributed by atoms with Crippen LogP contribution in [0.1, 0.15) is 26.3 Å². The summed E-state index contributed by atoms with van der Waals surface area (Å²) in [5, 5.41) is 0. The Kier molecular flexibility index (Phi) is 5.62. The molecule has 0 bridgehead atoms. The van der Waals surface area contributed by atoms with Crippen molar-refractivity contribution in [3.63, 3.8) is 0 Å². The maximum atomic E-state index is 13.3. The quantitative estimate of drug-likeness (QED) is 0.818. The second kappa shape index (κ2) is 6.79. The van der Waals surface area contributed by atoms with Crippen LogP contribution in [-0.4, -0.2) is 19.1 Å². The van der Waals surface area contributed by atoms with Crippen LogP contribution in [-0.2, 0) is 16.0 Å². The first-order valence-electron chi connectivity index (χ1n) is 6.68. The zero-order chi connectivity index (χ0) is 15.3. The number of hydrogen-bond acceptors (Lipinski definition) is 3. The van der Waals surface area contributed by atoms with E-state index in [0.717, 1.165) is 12.1 Å². The van der Waals surface area contributed by atoms with Gasteiger partial charge in [-0.05, 0) is 37.0 Å². The summed E-state index contributed by atoms with van der Waals surface area (Å²) < 4.78 is 31.3. The van der Waals surface area contributed by atoms with Crippen LogP contribution < -0.4 is 5.73 Å². The zero-order valence-electron chi connectivity index (χ0n) is 12.1. The Balaban J connectivity index is 3.11. The molecule has 0 radical (unpaired) electrons. The second-order valence-corrected chi connectivity index (χ2v) is 5.16. The van der Waals surface area contributed by atoms with Gasteiger partial charge in [0.1, 0.15) is 0 Å². The first-order chi connectivity index (χ1) is 9.37. The van der Waals surface area contributed by atoms with Crippen molar-refractivity contribution in [3.8, 4) is 0 Å². The molecule has 0 aliphatic heterocycles. The number of hydrogen-bond donors (Lipinski definition) is 1. The van der Waals surface area contributed by atoms with Crippen molar-refractivity contribution >= 4 is 5.97 Å². The van der Waals surface area contributed by atoms with Crippen molar-refractivity contribution in [1.29, 1.82) is 0 Å². The van der Waals surface area contributed by atoms with Gasteiger partial charge in [0, 0.05) is 6.54 Å². The summed E-state index contributed by atoms with van der Waals surface area (Å²) in [4.78, 5) is 12.2. The third-order valence-corrected chi connectivity index (χ3v) is 3.65. The predicted octanol–water partition coefficient (Wildman–Crippen LogP) is 2.67. The molecule has 1 aromatic rings. The predicted molar refractivity (Wildman–Crippen MR) is 73.0 cm³/mol. The molecule has 2 N–H and O–H groups in total. The molecular weight excluding hydrogens is 264 g/mol. The van der Waals surface area contributed by atoms with Crippen molar-refractivity contribution in [2.24, 2.45) is 17.1 Å². The summed E-state index contributed by atoms with van der Waals surface area (Å²) in [6.45, 7) is 5.79. The molecular formula is C15H21F2NO2. The Morgan fingerprint density at radius 2 is 2.00 bits per heavy atom. The molecule has 0 saturated carbocycles. The summed E-state index contributed by atoms with van der Waals surface area (Å²) in [6.07, 6.45) is 0.219. The molecule has 1 atom stereocenters. The molecule has 1 aromatic carbocycles. The summed E-state index contributed by atoms with van der Waals surface area (Å²) in [6, 6.07) is 3.61. The van der Waals surface area contributed by atoms with Crippen LogP contribution >= 0.6 is 0 Å². The van der Waals surface area contributed by atoms with E-state index < -0.39 is 23.0 Å². The minimum absolute atomic E-state index is 0.0836. The normalized spacial score (nSPS) is 14.2. The molecule has 1 rings (SSSR count). The average molecular weight is 285 g/mol. The first kappa shape index (κ1) is 16.6. The first-order valence-corrected chi connectivity index (χ1v) is 6.68. The van der Waals surface area contributed by atoms with Gasteiger partial charge in [-0.3, -0.25) is 4.79 Å². The van der Waals surface area contributed by atoms with Crippen molar-refractivity contribution in [1.82, 2.24) is 0 Å². The third kappa shape index (κ3) is 3.33. The van der Waals surface area contributed by atoms with Crippen LogP contribution in [0.25, 0.3) is 0 Å². The molecule has 0 aliphatic carbocycles. The van der Waals surface area contributed by atoms with Gasteiger partial charge in [-0.15, -0.1) is 0 Å². The summed E-state index contributed by atoms with van der Waals surface area (Å²) in [5.41, 5.74) is 5.38. The molecule has 1 unspecified atom stereocenters. The molecule has 5 heteroatoms. The molecule has 0 saturated heterocycles. The van der Waals surface area contributed by atoms with Crippen LogP contribution in [0.4, 0.5) is 8.78 Å². The molecule has 0 aromatic heterocycles. The van der Waals surface area contributed by atoms with E-state index in [0.29, 0.717) is 5.56 Å². The van der Waals surface area contributed by atoms with Crippen molar-refractivity contribution < 1.29 is 18.3 Å². The van der Waals surface area contributed by atoms with Crippen molar-refractivity contribution in [2.45, 2.75) is 27.2 Å². The number of carbonyl (C=O) groups excluding carboxylic acids is 1. The van der Waals surface area contributed by atoms with Gasteiger partial charge in [0.25, 0.3) is 0 Å². The van der Waals surface area contributed by atoms with Crippen LogP contribution in [0.2, 0.25) is 0 Å². The fourth-order valence-corrected chi connectivity index (χ4v) is 2.19. The van der Waals surface area contributed by atoms with Gasteiger partial charge in [-0.2, -0.15) is 0 Å². The van der Waals surface area contributed by atoms with E-state index in [-0.39, 0.29) is 25.5 Å². The Labute approximate surface area is 118 Å². The van der Waals surface area contributed by atoms with E-state index in [2.05, 4.69) is 0 Å². The monoisotopic (exact) mass is 285 g/mol. The lowest BCUT2D eigenvalue weighted by atomic mass is 9.72. The molecule has 0 amide bonds. The lowest BCUT2D eigenvalue weighted by molar-refractivity contribution is -0.157. The van der Waals surface area contributed by atoms with E-state index in [1.54, 1.807) is 6.92 Å². The molecule has 0 fully saturated rings. The summed E-state index contributed by atoms with van der Waals surface area (Å²) in [7, 11) is 0. The van der Waals surface area contributed by atoms with E-state index in [9.17, 15) is 13.6 Å². The second-order valence-electron chi connectivity index (χ2n) is 5.16. The number of benzene rings is 1. The molecule has 0 aliphatic rings. The minimum Gasteiger partial charge on any atom is -0.466 e. The lowest BCUT2D eigenvalue weighted by Crippen LogP contribution is -2.46. The van der Waals surface area contributed by atoms with Gasteiger partial charge >= 0.3 is 5.97 Å². The van der Waals surface area contributed by atoms with Crippen LogP contribution in [0.5, 0.6) is 0 Å². The smallest absolute Gasteiger partial charge is 0.313 e. The standard InChI is InChI=1S/C15H21F2NO2/c1-4-20-14(19)15(9-18,10(2)3)8-11-5-6-12(16)13(17)7-11/h5-7,10H,4,8-9,18H2,1-3H3. The van der Waals surface area contributed by atoms with Crippen molar-refractivity contribution in [3.05, 3.63) is 35.4 Å². The highest BCUT2D eigenvalue weighted by atomic mass is 19.2. The highest BCUT2D eigenvalue weighted by Crippen LogP contribution is 2.33. The van der Waals surface area contributed by atoms with Gasteiger partial charge in [0.15, 0.2) is 11.6 Å². The minimum atomic E-state index is -0.930. The third-order valence-electron chi connectivity index (χ3n) is 3.65. The van der Waals surface area contributed by atoms with Crippen LogP contribution in [0, 0.1) is 23.0 Å². The molecule has 0 spiro atoms. The van der Waals surface area contributed by atoms with E-state index in [1.165, 1.54) is 6.07 Å². The van der Waals surface area contributed by atoms with Crippen LogP contribution in [0.15, 0.2) is 18.2 Å². The van der Waals surface area contributed by atoms with Gasteiger partial charge in [0.05, 0.1) is 12.0 Å². The maximum absolute atomic E-state index is 13.3. The van der Waals surface area contributed by atoms with Gasteiger partial charge in [-0.25, -0.2) is 8.78 Å².